The average molecular weight is 259 g/mol. The van der Waals surface area contributed by atoms with Crippen LogP contribution in [0, 0.1) is 0 Å². The van der Waals surface area contributed by atoms with Crippen LogP contribution in [0.5, 0.6) is 5.75 Å². The standard InChI is InChI=1S/C9H8F3N5O/c10-9(11,12)18-6-3-1-2-5(4-6)14-8-15-7(13)16-17-8/h1-4H,(H4,13,14,15,16,17). The highest BCUT2D eigenvalue weighted by molar-refractivity contribution is 5.56. The third kappa shape index (κ3) is 3.27. The Morgan fingerprint density at radius 2 is 2.11 bits per heavy atom. The fourth-order valence-electron chi connectivity index (χ4n) is 1.23. The number of halogens is 3. The van der Waals surface area contributed by atoms with E-state index in [-0.39, 0.29) is 17.6 Å². The third-order valence-electron chi connectivity index (χ3n) is 1.83. The van der Waals surface area contributed by atoms with Gasteiger partial charge in [-0.15, -0.1) is 18.3 Å². The van der Waals surface area contributed by atoms with Crippen molar-refractivity contribution in [3.8, 4) is 5.75 Å². The number of hydrogen-bond acceptors (Lipinski definition) is 5. The van der Waals surface area contributed by atoms with Crippen molar-refractivity contribution in [2.45, 2.75) is 6.36 Å². The number of anilines is 3. The molecule has 1 aromatic carbocycles. The molecular formula is C9H8F3N5O. The van der Waals surface area contributed by atoms with Gasteiger partial charge >= 0.3 is 6.36 Å². The second kappa shape index (κ2) is 4.43. The first-order chi connectivity index (χ1) is 8.42. The van der Waals surface area contributed by atoms with E-state index in [1.807, 2.05) is 0 Å². The minimum atomic E-state index is -4.73. The Morgan fingerprint density at radius 3 is 2.72 bits per heavy atom. The minimum absolute atomic E-state index is 0.0974. The fourth-order valence-corrected chi connectivity index (χ4v) is 1.23. The molecule has 4 N–H and O–H groups in total. The largest absolute Gasteiger partial charge is 0.573 e. The molecule has 0 amide bonds. The van der Waals surface area contributed by atoms with Gasteiger partial charge in [0.25, 0.3) is 0 Å². The highest BCUT2D eigenvalue weighted by Crippen LogP contribution is 2.25. The molecule has 2 aromatic rings. The molecule has 0 aliphatic rings. The van der Waals surface area contributed by atoms with E-state index in [4.69, 9.17) is 5.73 Å². The summed E-state index contributed by atoms with van der Waals surface area (Å²) in [5.74, 6) is -0.0899. The van der Waals surface area contributed by atoms with E-state index in [1.165, 1.54) is 24.3 Å². The van der Waals surface area contributed by atoms with Crippen molar-refractivity contribution in [2.75, 3.05) is 11.1 Å². The molecule has 0 fully saturated rings. The summed E-state index contributed by atoms with van der Waals surface area (Å²) in [7, 11) is 0. The summed E-state index contributed by atoms with van der Waals surface area (Å²) in [6.45, 7) is 0. The lowest BCUT2D eigenvalue weighted by Crippen LogP contribution is -2.17. The molecule has 1 aromatic heterocycles. The molecule has 18 heavy (non-hydrogen) atoms. The Morgan fingerprint density at radius 1 is 1.33 bits per heavy atom. The first-order valence-corrected chi connectivity index (χ1v) is 4.73. The van der Waals surface area contributed by atoms with E-state index in [9.17, 15) is 13.2 Å². The molecule has 0 aliphatic carbocycles. The summed E-state index contributed by atoms with van der Waals surface area (Å²) in [5.41, 5.74) is 5.65. The van der Waals surface area contributed by atoms with Gasteiger partial charge in [0.2, 0.25) is 11.9 Å². The predicted molar refractivity (Wildman–Crippen MR) is 57.2 cm³/mol. The summed E-state index contributed by atoms with van der Waals surface area (Å²) in [4.78, 5) is 3.75. The van der Waals surface area contributed by atoms with Crippen molar-refractivity contribution < 1.29 is 17.9 Å². The number of nitrogen functional groups attached to an aromatic ring is 1. The molecule has 0 radical (unpaired) electrons. The van der Waals surface area contributed by atoms with Crippen LogP contribution in [0.15, 0.2) is 24.3 Å². The number of rotatable bonds is 3. The van der Waals surface area contributed by atoms with Gasteiger partial charge < -0.3 is 15.8 Å². The molecule has 2 rings (SSSR count). The monoisotopic (exact) mass is 259 g/mol. The molecule has 96 valence electrons. The van der Waals surface area contributed by atoms with Gasteiger partial charge in [-0.2, -0.15) is 4.98 Å². The van der Waals surface area contributed by atoms with E-state index in [0.717, 1.165) is 0 Å². The van der Waals surface area contributed by atoms with Gasteiger partial charge in [-0.1, -0.05) is 6.07 Å². The molecule has 0 saturated heterocycles. The number of hydrogen-bond donors (Lipinski definition) is 3. The molecule has 0 aliphatic heterocycles. The molecule has 0 bridgehead atoms. The van der Waals surface area contributed by atoms with Crippen LogP contribution in [0.3, 0.4) is 0 Å². The van der Waals surface area contributed by atoms with Crippen molar-refractivity contribution in [1.82, 2.24) is 15.2 Å². The Kier molecular flexibility index (Phi) is 2.96. The summed E-state index contributed by atoms with van der Waals surface area (Å²) in [6, 6.07) is 5.29. The molecule has 0 unspecified atom stereocenters. The first-order valence-electron chi connectivity index (χ1n) is 4.73. The van der Waals surface area contributed by atoms with Crippen LogP contribution in [0.1, 0.15) is 0 Å². The number of ether oxygens (including phenoxy) is 1. The normalized spacial score (nSPS) is 11.3. The number of nitrogens with zero attached hydrogens (tertiary/aromatic N) is 2. The number of aromatic amines is 1. The summed E-state index contributed by atoms with van der Waals surface area (Å²) < 4.78 is 39.8. The Hall–Kier alpha value is -2.45. The molecule has 6 nitrogen and oxygen atoms in total. The highest BCUT2D eigenvalue weighted by Gasteiger charge is 2.31. The van der Waals surface area contributed by atoms with Crippen LogP contribution in [-0.2, 0) is 0 Å². The number of aromatic nitrogens is 3. The zero-order valence-electron chi connectivity index (χ0n) is 8.82. The third-order valence-corrected chi connectivity index (χ3v) is 1.83. The molecular weight excluding hydrogens is 251 g/mol. The number of alkyl halides is 3. The number of nitrogens with two attached hydrogens (primary N) is 1. The van der Waals surface area contributed by atoms with E-state index >= 15 is 0 Å². The van der Waals surface area contributed by atoms with Crippen LogP contribution in [0.4, 0.5) is 30.8 Å². The fraction of sp³-hybridized carbons (Fsp3) is 0.111. The van der Waals surface area contributed by atoms with Crippen LogP contribution < -0.4 is 15.8 Å². The van der Waals surface area contributed by atoms with E-state index in [0.29, 0.717) is 5.69 Å². The minimum Gasteiger partial charge on any atom is -0.406 e. The van der Waals surface area contributed by atoms with Gasteiger partial charge in [0.15, 0.2) is 0 Å². The van der Waals surface area contributed by atoms with Gasteiger partial charge in [-0.05, 0) is 12.1 Å². The van der Waals surface area contributed by atoms with Gasteiger partial charge in [0, 0.05) is 11.8 Å². The Labute approximate surface area is 99.0 Å². The van der Waals surface area contributed by atoms with Crippen molar-refractivity contribution >= 4 is 17.6 Å². The summed E-state index contributed by atoms with van der Waals surface area (Å²) >= 11 is 0. The van der Waals surface area contributed by atoms with E-state index in [1.54, 1.807) is 0 Å². The smallest absolute Gasteiger partial charge is 0.406 e. The second-order valence-corrected chi connectivity index (χ2v) is 3.24. The topological polar surface area (TPSA) is 88.8 Å². The average Bonchev–Trinajstić information content (AvgIpc) is 2.62. The number of H-pyrrole nitrogens is 1. The van der Waals surface area contributed by atoms with Crippen molar-refractivity contribution in [2.24, 2.45) is 0 Å². The predicted octanol–water partition coefficient (Wildman–Crippen LogP) is 2.03. The van der Waals surface area contributed by atoms with E-state index in [2.05, 4.69) is 25.2 Å². The lowest BCUT2D eigenvalue weighted by atomic mass is 10.3. The highest BCUT2D eigenvalue weighted by atomic mass is 19.4. The number of nitrogens with one attached hydrogen (secondary N) is 2. The van der Waals surface area contributed by atoms with Crippen LogP contribution in [0.25, 0.3) is 0 Å². The molecule has 9 heteroatoms. The summed E-state index contributed by atoms with van der Waals surface area (Å²) in [6.07, 6.45) is -4.73. The van der Waals surface area contributed by atoms with Crippen LogP contribution in [-0.4, -0.2) is 21.5 Å². The van der Waals surface area contributed by atoms with Gasteiger partial charge in [0.05, 0.1) is 0 Å². The van der Waals surface area contributed by atoms with Crippen molar-refractivity contribution in [1.29, 1.82) is 0 Å². The maximum absolute atomic E-state index is 12.0. The SMILES string of the molecule is Nc1nc(Nc2cccc(OC(F)(F)F)c2)n[nH]1. The Bertz CT molecular complexity index is 539. The molecule has 0 atom stereocenters. The lowest BCUT2D eigenvalue weighted by Gasteiger charge is -2.09. The first kappa shape index (κ1) is 12.0. The van der Waals surface area contributed by atoms with Gasteiger partial charge in [0.1, 0.15) is 5.75 Å². The molecule has 0 spiro atoms. The summed E-state index contributed by atoms with van der Waals surface area (Å²) in [5, 5.41) is 8.73. The van der Waals surface area contributed by atoms with Gasteiger partial charge in [-0.25, -0.2) is 5.10 Å². The zero-order chi connectivity index (χ0) is 13.2. The van der Waals surface area contributed by atoms with E-state index < -0.39 is 6.36 Å². The maximum atomic E-state index is 12.0. The van der Waals surface area contributed by atoms with Crippen LogP contribution in [0.2, 0.25) is 0 Å². The Balaban J connectivity index is 2.12. The zero-order valence-corrected chi connectivity index (χ0v) is 8.82. The van der Waals surface area contributed by atoms with Crippen molar-refractivity contribution in [3.63, 3.8) is 0 Å². The number of benzene rings is 1. The molecule has 0 saturated carbocycles. The quantitative estimate of drug-likeness (QED) is 0.784. The molecule has 1 heterocycles. The van der Waals surface area contributed by atoms with Crippen molar-refractivity contribution in [3.05, 3.63) is 24.3 Å². The lowest BCUT2D eigenvalue weighted by molar-refractivity contribution is -0.274. The van der Waals surface area contributed by atoms with Crippen LogP contribution >= 0.6 is 0 Å². The van der Waals surface area contributed by atoms with Gasteiger partial charge in [-0.3, -0.25) is 0 Å². The maximum Gasteiger partial charge on any atom is 0.573 e. The second-order valence-electron chi connectivity index (χ2n) is 3.24.